The molecule has 2 fully saturated rings. The fourth-order valence-electron chi connectivity index (χ4n) is 3.07. The van der Waals surface area contributed by atoms with Gasteiger partial charge in [-0.3, -0.25) is 4.79 Å². The highest BCUT2D eigenvalue weighted by atomic mass is 16.7. The Morgan fingerprint density at radius 3 is 2.42 bits per heavy atom. The van der Waals surface area contributed by atoms with Gasteiger partial charge in [0, 0.05) is 38.8 Å². The lowest BCUT2D eigenvalue weighted by atomic mass is 10.2. The molecule has 0 N–H and O–H groups in total. The van der Waals surface area contributed by atoms with Gasteiger partial charge in [-0.2, -0.15) is 0 Å². The predicted molar refractivity (Wildman–Crippen MR) is 91.3 cm³/mol. The van der Waals surface area contributed by atoms with E-state index < -0.39 is 5.79 Å². The lowest BCUT2D eigenvalue weighted by Crippen LogP contribution is -2.48. The van der Waals surface area contributed by atoms with Crippen LogP contribution in [0.3, 0.4) is 0 Å². The van der Waals surface area contributed by atoms with Crippen molar-refractivity contribution in [3.63, 3.8) is 0 Å². The van der Waals surface area contributed by atoms with Gasteiger partial charge in [0.1, 0.15) is 18.5 Å². The summed E-state index contributed by atoms with van der Waals surface area (Å²) >= 11 is 0. The van der Waals surface area contributed by atoms with Gasteiger partial charge in [-0.25, -0.2) is 0 Å². The highest BCUT2D eigenvalue weighted by Gasteiger charge is 2.32. The van der Waals surface area contributed by atoms with Gasteiger partial charge in [-0.15, -0.1) is 0 Å². The average Bonchev–Trinajstić information content (AvgIpc) is 2.93. The van der Waals surface area contributed by atoms with Crippen LogP contribution < -0.4 is 9.64 Å². The Hall–Kier alpha value is -1.79. The van der Waals surface area contributed by atoms with Crippen LogP contribution >= 0.6 is 0 Å². The third-order valence-electron chi connectivity index (χ3n) is 4.43. The number of hydrogen-bond donors (Lipinski definition) is 0. The van der Waals surface area contributed by atoms with Crippen molar-refractivity contribution < 1.29 is 19.0 Å². The van der Waals surface area contributed by atoms with Crippen LogP contribution in [0, 0.1) is 0 Å². The van der Waals surface area contributed by atoms with E-state index in [1.807, 2.05) is 30.9 Å². The molecule has 2 aliphatic rings. The first kappa shape index (κ1) is 17.0. The number of piperazine rings is 1. The van der Waals surface area contributed by atoms with Crippen LogP contribution in [-0.2, 0) is 14.3 Å². The van der Waals surface area contributed by atoms with E-state index in [2.05, 4.69) is 17.0 Å². The summed E-state index contributed by atoms with van der Waals surface area (Å²) in [7, 11) is 0. The Balaban J connectivity index is 1.48. The molecule has 1 amide bonds. The highest BCUT2D eigenvalue weighted by molar-refractivity contribution is 5.73. The van der Waals surface area contributed by atoms with Gasteiger partial charge in [0.25, 0.3) is 0 Å². The van der Waals surface area contributed by atoms with Crippen molar-refractivity contribution in [2.75, 3.05) is 44.3 Å². The highest BCUT2D eigenvalue weighted by Crippen LogP contribution is 2.24. The maximum atomic E-state index is 11.4. The van der Waals surface area contributed by atoms with E-state index in [-0.39, 0.29) is 12.0 Å². The SMILES string of the molecule is CC(=O)N1CCN(c2ccc(OC[C@H]3COC(C)(C)O3)cc2)CC1. The second kappa shape index (κ2) is 6.99. The van der Waals surface area contributed by atoms with Crippen LogP contribution in [0.15, 0.2) is 24.3 Å². The molecule has 24 heavy (non-hydrogen) atoms. The van der Waals surface area contributed by atoms with Crippen LogP contribution in [0.2, 0.25) is 0 Å². The molecular formula is C18H26N2O4. The van der Waals surface area contributed by atoms with Crippen molar-refractivity contribution in [3.8, 4) is 5.75 Å². The number of ether oxygens (including phenoxy) is 3. The second-order valence-electron chi connectivity index (χ2n) is 6.75. The van der Waals surface area contributed by atoms with Crippen LogP contribution in [0.1, 0.15) is 20.8 Å². The normalized spacial score (nSPS) is 23.4. The molecule has 0 aromatic heterocycles. The Morgan fingerprint density at radius 2 is 1.88 bits per heavy atom. The Kier molecular flexibility index (Phi) is 4.96. The van der Waals surface area contributed by atoms with Gasteiger partial charge in [-0.05, 0) is 38.1 Å². The minimum Gasteiger partial charge on any atom is -0.491 e. The molecule has 1 aromatic rings. The summed E-state index contributed by atoms with van der Waals surface area (Å²) in [6.07, 6.45) is -0.0284. The van der Waals surface area contributed by atoms with Gasteiger partial charge in [0.05, 0.1) is 6.61 Å². The number of anilines is 1. The standard InChI is InChI=1S/C18H26N2O4/c1-14(21)19-8-10-20(11-9-19)15-4-6-16(7-5-15)22-12-17-13-23-18(2,3)24-17/h4-7,17H,8-13H2,1-3H3/t17-/m0/s1. The van der Waals surface area contributed by atoms with Gasteiger partial charge in [0.2, 0.25) is 5.91 Å². The molecule has 0 radical (unpaired) electrons. The van der Waals surface area contributed by atoms with Crippen LogP contribution in [-0.4, -0.2) is 62.1 Å². The number of amides is 1. The van der Waals surface area contributed by atoms with Crippen molar-refractivity contribution in [1.29, 1.82) is 0 Å². The molecule has 0 spiro atoms. The summed E-state index contributed by atoms with van der Waals surface area (Å²) in [5.74, 6) is 0.467. The molecule has 2 aliphatic heterocycles. The first-order chi connectivity index (χ1) is 11.4. The molecule has 2 saturated heterocycles. The maximum Gasteiger partial charge on any atom is 0.219 e. The number of nitrogens with zero attached hydrogens (tertiary/aromatic N) is 2. The van der Waals surface area contributed by atoms with Crippen molar-refractivity contribution in [2.45, 2.75) is 32.7 Å². The molecule has 1 atom stereocenters. The molecule has 0 bridgehead atoms. The lowest BCUT2D eigenvalue weighted by molar-refractivity contribution is -0.141. The van der Waals surface area contributed by atoms with Gasteiger partial charge in [-0.1, -0.05) is 0 Å². The number of carbonyl (C=O) groups excluding carboxylic acids is 1. The van der Waals surface area contributed by atoms with Crippen molar-refractivity contribution in [2.24, 2.45) is 0 Å². The monoisotopic (exact) mass is 334 g/mol. The van der Waals surface area contributed by atoms with E-state index in [0.717, 1.165) is 37.6 Å². The molecule has 132 valence electrons. The van der Waals surface area contributed by atoms with E-state index in [4.69, 9.17) is 14.2 Å². The van der Waals surface area contributed by atoms with E-state index in [1.54, 1.807) is 6.92 Å². The zero-order chi connectivity index (χ0) is 17.2. The minimum atomic E-state index is -0.514. The zero-order valence-corrected chi connectivity index (χ0v) is 14.7. The van der Waals surface area contributed by atoms with Gasteiger partial charge < -0.3 is 24.0 Å². The van der Waals surface area contributed by atoms with Crippen molar-refractivity contribution in [3.05, 3.63) is 24.3 Å². The molecule has 6 nitrogen and oxygen atoms in total. The first-order valence-corrected chi connectivity index (χ1v) is 8.48. The van der Waals surface area contributed by atoms with E-state index in [0.29, 0.717) is 13.2 Å². The predicted octanol–water partition coefficient (Wildman–Crippen LogP) is 1.89. The van der Waals surface area contributed by atoms with Gasteiger partial charge >= 0.3 is 0 Å². The quantitative estimate of drug-likeness (QED) is 0.842. The molecule has 3 rings (SSSR count). The summed E-state index contributed by atoms with van der Waals surface area (Å²) in [6, 6.07) is 8.09. The molecule has 1 aromatic carbocycles. The molecular weight excluding hydrogens is 308 g/mol. The summed E-state index contributed by atoms with van der Waals surface area (Å²) in [5.41, 5.74) is 1.16. The maximum absolute atomic E-state index is 11.4. The zero-order valence-electron chi connectivity index (χ0n) is 14.7. The number of carbonyl (C=O) groups is 1. The number of benzene rings is 1. The Labute approximate surface area is 143 Å². The fraction of sp³-hybridized carbons (Fsp3) is 0.611. The summed E-state index contributed by atoms with van der Waals surface area (Å²) in [5, 5.41) is 0. The number of rotatable bonds is 4. The topological polar surface area (TPSA) is 51.2 Å². The first-order valence-electron chi connectivity index (χ1n) is 8.48. The number of hydrogen-bond acceptors (Lipinski definition) is 5. The molecule has 0 aliphatic carbocycles. The average molecular weight is 334 g/mol. The Morgan fingerprint density at radius 1 is 1.21 bits per heavy atom. The van der Waals surface area contributed by atoms with Crippen molar-refractivity contribution in [1.82, 2.24) is 4.90 Å². The van der Waals surface area contributed by atoms with Gasteiger partial charge in [0.15, 0.2) is 5.79 Å². The van der Waals surface area contributed by atoms with E-state index in [1.165, 1.54) is 0 Å². The Bertz CT molecular complexity index is 565. The summed E-state index contributed by atoms with van der Waals surface area (Å²) in [4.78, 5) is 15.6. The summed E-state index contributed by atoms with van der Waals surface area (Å²) < 4.78 is 17.1. The fourth-order valence-corrected chi connectivity index (χ4v) is 3.07. The minimum absolute atomic E-state index is 0.0284. The smallest absolute Gasteiger partial charge is 0.219 e. The lowest BCUT2D eigenvalue weighted by Gasteiger charge is -2.35. The third kappa shape index (κ3) is 4.19. The van der Waals surface area contributed by atoms with Crippen molar-refractivity contribution >= 4 is 11.6 Å². The second-order valence-corrected chi connectivity index (χ2v) is 6.75. The van der Waals surface area contributed by atoms with Crippen LogP contribution in [0.25, 0.3) is 0 Å². The third-order valence-corrected chi connectivity index (χ3v) is 4.43. The van der Waals surface area contributed by atoms with E-state index in [9.17, 15) is 4.79 Å². The molecule has 0 saturated carbocycles. The van der Waals surface area contributed by atoms with E-state index >= 15 is 0 Å². The molecule has 2 heterocycles. The largest absolute Gasteiger partial charge is 0.491 e. The summed E-state index contributed by atoms with van der Waals surface area (Å²) in [6.45, 7) is 9.78. The molecule has 6 heteroatoms. The molecule has 0 unspecified atom stereocenters. The van der Waals surface area contributed by atoms with Crippen LogP contribution in [0.4, 0.5) is 5.69 Å². The van der Waals surface area contributed by atoms with Crippen LogP contribution in [0.5, 0.6) is 5.75 Å².